The molecular formula is C41H46N6O6. The van der Waals surface area contributed by atoms with E-state index in [4.69, 9.17) is 14.4 Å². The lowest BCUT2D eigenvalue weighted by Gasteiger charge is -2.20. The number of aromatic nitrogens is 4. The van der Waals surface area contributed by atoms with Gasteiger partial charge in [0.1, 0.15) is 11.8 Å². The average Bonchev–Trinajstić information content (AvgIpc) is 3.65. The SMILES string of the molecule is CCCCCCOc1cccc(-c2noc(-c3cnc(-c4ccc(C[C@H](NC(=O)c5ccc(C(C)(C)C)cc5)C(=O)NCCC(=O)O)cc4)nc3)n2)c1. The van der Waals surface area contributed by atoms with Crippen LogP contribution in [0, 0.1) is 0 Å². The van der Waals surface area contributed by atoms with Crippen molar-refractivity contribution in [2.45, 2.75) is 77.7 Å². The number of ether oxygens (including phenoxy) is 1. The standard InChI is InChI=1S/C41H46N6O6/c1-5-6-7-8-22-52-33-11-9-10-30(24-33)37-46-40(53-47-37)31-25-43-36(44-26-31)28-14-12-27(13-15-28)23-34(39(51)42-21-20-35(48)49)45-38(50)29-16-18-32(19-17-29)41(2,3)4/h9-19,24-26,34H,5-8,20-23H2,1-4H3,(H,42,51)(H,45,50)(H,48,49)/t34-/m0/s1. The number of hydrogen-bond donors (Lipinski definition) is 3. The molecule has 12 heteroatoms. The quantitative estimate of drug-likeness (QED) is 0.0847. The summed E-state index contributed by atoms with van der Waals surface area (Å²) in [6.45, 7) is 9.05. The number of aliphatic carboxylic acids is 1. The van der Waals surface area contributed by atoms with Gasteiger partial charge in [-0.3, -0.25) is 14.4 Å². The molecule has 5 aromatic rings. The molecule has 3 aromatic carbocycles. The molecule has 2 aromatic heterocycles. The maximum absolute atomic E-state index is 13.2. The summed E-state index contributed by atoms with van der Waals surface area (Å²) in [6.07, 6.45) is 7.71. The predicted molar refractivity (Wildman–Crippen MR) is 201 cm³/mol. The number of carboxylic acids is 1. The van der Waals surface area contributed by atoms with Crippen LogP contribution < -0.4 is 15.4 Å². The normalized spacial score (nSPS) is 11.8. The lowest BCUT2D eigenvalue weighted by molar-refractivity contribution is -0.137. The number of hydrogen-bond acceptors (Lipinski definition) is 9. The zero-order chi connectivity index (χ0) is 37.8. The molecule has 2 amide bonds. The van der Waals surface area contributed by atoms with Gasteiger partial charge < -0.3 is 25.0 Å². The fourth-order valence-electron chi connectivity index (χ4n) is 5.50. The van der Waals surface area contributed by atoms with Crippen LogP contribution in [-0.2, 0) is 21.4 Å². The molecule has 0 saturated heterocycles. The molecule has 0 spiro atoms. The van der Waals surface area contributed by atoms with E-state index < -0.39 is 23.8 Å². The molecular weight excluding hydrogens is 672 g/mol. The third kappa shape index (κ3) is 11.0. The van der Waals surface area contributed by atoms with Crippen LogP contribution in [0.3, 0.4) is 0 Å². The van der Waals surface area contributed by atoms with E-state index in [1.54, 1.807) is 24.5 Å². The van der Waals surface area contributed by atoms with Crippen molar-refractivity contribution in [1.82, 2.24) is 30.7 Å². The maximum atomic E-state index is 13.2. The van der Waals surface area contributed by atoms with Crippen LogP contribution in [-0.4, -0.2) is 62.2 Å². The summed E-state index contributed by atoms with van der Waals surface area (Å²) in [5.41, 5.74) is 4.28. The molecule has 0 radical (unpaired) electrons. The van der Waals surface area contributed by atoms with Crippen LogP contribution in [0.25, 0.3) is 34.2 Å². The Morgan fingerprint density at radius 3 is 2.28 bits per heavy atom. The molecule has 0 aliphatic carbocycles. The number of carbonyl (C=O) groups excluding carboxylic acids is 2. The lowest BCUT2D eigenvalue weighted by Crippen LogP contribution is -2.48. The predicted octanol–water partition coefficient (Wildman–Crippen LogP) is 7.05. The van der Waals surface area contributed by atoms with Crippen molar-refractivity contribution in [3.05, 3.63) is 102 Å². The van der Waals surface area contributed by atoms with Crippen molar-refractivity contribution < 1.29 is 28.8 Å². The third-order valence-electron chi connectivity index (χ3n) is 8.61. The number of rotatable bonds is 17. The number of nitrogens with zero attached hydrogens (tertiary/aromatic N) is 4. The zero-order valence-electron chi connectivity index (χ0n) is 30.6. The van der Waals surface area contributed by atoms with Crippen molar-refractivity contribution >= 4 is 17.8 Å². The van der Waals surface area contributed by atoms with E-state index in [9.17, 15) is 14.4 Å². The van der Waals surface area contributed by atoms with E-state index >= 15 is 0 Å². The van der Waals surface area contributed by atoms with Gasteiger partial charge in [0.2, 0.25) is 11.7 Å². The van der Waals surface area contributed by atoms with E-state index in [1.165, 1.54) is 12.8 Å². The highest BCUT2D eigenvalue weighted by Gasteiger charge is 2.23. The van der Waals surface area contributed by atoms with Crippen molar-refractivity contribution in [3.63, 3.8) is 0 Å². The van der Waals surface area contributed by atoms with Crippen molar-refractivity contribution in [2.75, 3.05) is 13.2 Å². The number of unbranched alkanes of at least 4 members (excludes halogenated alkanes) is 3. The minimum Gasteiger partial charge on any atom is -0.494 e. The lowest BCUT2D eigenvalue weighted by atomic mass is 9.86. The number of benzene rings is 3. The van der Waals surface area contributed by atoms with Crippen LogP contribution in [0.4, 0.5) is 0 Å². The summed E-state index contributed by atoms with van der Waals surface area (Å²) in [5.74, 6) is 0.0312. The molecule has 0 fully saturated rings. The Morgan fingerprint density at radius 1 is 0.868 bits per heavy atom. The summed E-state index contributed by atoms with van der Waals surface area (Å²) in [7, 11) is 0. The maximum Gasteiger partial charge on any atom is 0.305 e. The summed E-state index contributed by atoms with van der Waals surface area (Å²) in [6, 6.07) is 21.3. The van der Waals surface area contributed by atoms with Gasteiger partial charge in [-0.15, -0.1) is 0 Å². The van der Waals surface area contributed by atoms with E-state index in [1.807, 2.05) is 60.7 Å². The highest BCUT2D eigenvalue weighted by Crippen LogP contribution is 2.26. The first-order valence-electron chi connectivity index (χ1n) is 17.9. The first-order chi connectivity index (χ1) is 25.5. The monoisotopic (exact) mass is 718 g/mol. The Morgan fingerprint density at radius 2 is 1.60 bits per heavy atom. The van der Waals surface area contributed by atoms with E-state index in [0.717, 1.165) is 40.8 Å². The fraction of sp³-hybridized carbons (Fsp3) is 0.341. The molecule has 12 nitrogen and oxygen atoms in total. The van der Waals surface area contributed by atoms with Crippen LogP contribution in [0.2, 0.25) is 0 Å². The van der Waals surface area contributed by atoms with Crippen molar-refractivity contribution in [1.29, 1.82) is 0 Å². The van der Waals surface area contributed by atoms with E-state index in [-0.39, 0.29) is 30.7 Å². The molecule has 276 valence electrons. The first kappa shape index (κ1) is 38.3. The summed E-state index contributed by atoms with van der Waals surface area (Å²) >= 11 is 0. The largest absolute Gasteiger partial charge is 0.494 e. The Kier molecular flexibility index (Phi) is 13.0. The van der Waals surface area contributed by atoms with Gasteiger partial charge in [-0.1, -0.05) is 101 Å². The molecule has 5 rings (SSSR count). The molecule has 0 aliphatic rings. The van der Waals surface area contributed by atoms with Gasteiger partial charge in [0.05, 0.1) is 18.6 Å². The summed E-state index contributed by atoms with van der Waals surface area (Å²) in [5, 5.41) is 18.6. The first-order valence-corrected chi connectivity index (χ1v) is 17.9. The number of carboxylic acid groups (broad SMARTS) is 1. The zero-order valence-corrected chi connectivity index (χ0v) is 30.6. The molecule has 3 N–H and O–H groups in total. The molecule has 0 aliphatic heterocycles. The minimum absolute atomic E-state index is 0.0562. The van der Waals surface area contributed by atoms with Gasteiger partial charge >= 0.3 is 5.97 Å². The van der Waals surface area contributed by atoms with Gasteiger partial charge in [-0.2, -0.15) is 4.98 Å². The molecule has 0 unspecified atom stereocenters. The number of amides is 2. The molecule has 53 heavy (non-hydrogen) atoms. The van der Waals surface area contributed by atoms with Crippen LogP contribution in [0.1, 0.15) is 81.3 Å². The Hall–Kier alpha value is -5.91. The highest BCUT2D eigenvalue weighted by atomic mass is 16.5. The Bertz CT molecular complexity index is 1970. The third-order valence-corrected chi connectivity index (χ3v) is 8.61. The smallest absolute Gasteiger partial charge is 0.305 e. The topological polar surface area (TPSA) is 169 Å². The van der Waals surface area contributed by atoms with Gasteiger partial charge in [0.15, 0.2) is 5.82 Å². The van der Waals surface area contributed by atoms with Crippen LogP contribution in [0.5, 0.6) is 5.75 Å². The number of carbonyl (C=O) groups is 3. The van der Waals surface area contributed by atoms with Gasteiger partial charge in [0.25, 0.3) is 11.8 Å². The summed E-state index contributed by atoms with van der Waals surface area (Å²) < 4.78 is 11.4. The van der Waals surface area contributed by atoms with E-state index in [0.29, 0.717) is 29.4 Å². The van der Waals surface area contributed by atoms with Crippen molar-refractivity contribution in [3.8, 4) is 40.0 Å². The van der Waals surface area contributed by atoms with Crippen LogP contribution in [0.15, 0.2) is 89.7 Å². The van der Waals surface area contributed by atoms with Gasteiger partial charge in [-0.25, -0.2) is 9.97 Å². The van der Waals surface area contributed by atoms with Gasteiger partial charge in [-0.05, 0) is 47.2 Å². The number of nitrogens with one attached hydrogen (secondary N) is 2. The van der Waals surface area contributed by atoms with Gasteiger partial charge in [0, 0.05) is 42.0 Å². The molecule has 1 atom stereocenters. The Labute approximate surface area is 309 Å². The average molecular weight is 719 g/mol. The molecule has 0 saturated carbocycles. The molecule has 2 heterocycles. The fourth-order valence-corrected chi connectivity index (χ4v) is 5.50. The second-order valence-electron chi connectivity index (χ2n) is 13.8. The van der Waals surface area contributed by atoms with Crippen LogP contribution >= 0.6 is 0 Å². The summed E-state index contributed by atoms with van der Waals surface area (Å²) in [4.78, 5) is 50.9. The molecule has 0 bridgehead atoms. The van der Waals surface area contributed by atoms with Crippen molar-refractivity contribution in [2.24, 2.45) is 0 Å². The minimum atomic E-state index is -1.03. The Balaban J connectivity index is 1.23. The highest BCUT2D eigenvalue weighted by molar-refractivity contribution is 5.97. The second-order valence-corrected chi connectivity index (χ2v) is 13.8. The van der Waals surface area contributed by atoms with E-state index in [2.05, 4.69) is 58.4 Å². The second kappa shape index (κ2) is 18.0.